The van der Waals surface area contributed by atoms with Crippen LogP contribution in [0.5, 0.6) is 0 Å². The molecule has 3 N–H and O–H groups in total. The highest BCUT2D eigenvalue weighted by atomic mass is 15.2. The van der Waals surface area contributed by atoms with E-state index in [2.05, 4.69) is 30.7 Å². The third kappa shape index (κ3) is 3.05. The maximum atomic E-state index is 8.85. The van der Waals surface area contributed by atoms with E-state index in [-0.39, 0.29) is 5.54 Å². The van der Waals surface area contributed by atoms with Crippen molar-refractivity contribution >= 4 is 28.1 Å². The van der Waals surface area contributed by atoms with Crippen LogP contribution in [-0.4, -0.2) is 28.3 Å². The van der Waals surface area contributed by atoms with E-state index in [4.69, 9.17) is 11.1 Å². The van der Waals surface area contributed by atoms with Crippen molar-refractivity contribution in [3.63, 3.8) is 0 Å². The molecule has 0 atom stereocenters. The Bertz CT molecular complexity index is 935. The van der Waals surface area contributed by atoms with Gasteiger partial charge in [0.25, 0.3) is 0 Å². The summed E-state index contributed by atoms with van der Waals surface area (Å²) in [4.78, 5) is 10.6. The van der Waals surface area contributed by atoms with E-state index in [1.54, 1.807) is 0 Å². The fraction of sp³-hybridized carbons (Fsp3) is 0.250. The van der Waals surface area contributed by atoms with Gasteiger partial charge in [-0.25, -0.2) is 9.97 Å². The van der Waals surface area contributed by atoms with Crippen LogP contribution >= 0.6 is 0 Å². The Kier molecular flexibility index (Phi) is 4.17. The van der Waals surface area contributed by atoms with Gasteiger partial charge in [-0.05, 0) is 31.5 Å². The number of anilines is 2. The maximum absolute atomic E-state index is 8.85. The second-order valence-corrected chi connectivity index (χ2v) is 7.09. The third-order valence-electron chi connectivity index (χ3n) is 4.49. The lowest BCUT2D eigenvalue weighted by atomic mass is 9.96. The summed E-state index contributed by atoms with van der Waals surface area (Å²) in [6.45, 7) is 6.28. The van der Waals surface area contributed by atoms with Gasteiger partial charge >= 0.3 is 0 Å². The van der Waals surface area contributed by atoms with Gasteiger partial charge in [0.2, 0.25) is 0 Å². The number of nitrogens with one attached hydrogen (secondary N) is 1. The molecule has 0 aliphatic rings. The molecule has 2 aromatic carbocycles. The first-order valence-corrected chi connectivity index (χ1v) is 8.22. The predicted molar refractivity (Wildman–Crippen MR) is 104 cm³/mol. The number of nitrogens with zero attached hydrogens (tertiary/aromatic N) is 3. The monoisotopic (exact) mass is 333 g/mol. The summed E-state index contributed by atoms with van der Waals surface area (Å²) in [5.74, 6) is 0.983. The maximum Gasteiger partial charge on any atom is 0.143 e. The van der Waals surface area contributed by atoms with Crippen LogP contribution in [0, 0.1) is 5.41 Å². The number of fused-ring (bicyclic) bond motifs is 1. The Morgan fingerprint density at radius 2 is 1.72 bits per heavy atom. The number of nitrogens with two attached hydrogens (primary N) is 1. The Hall–Kier alpha value is -2.95. The molecule has 0 fully saturated rings. The van der Waals surface area contributed by atoms with Crippen molar-refractivity contribution < 1.29 is 0 Å². The molecule has 1 heterocycles. The van der Waals surface area contributed by atoms with E-state index >= 15 is 0 Å². The molecule has 0 bridgehead atoms. The zero-order valence-electron chi connectivity index (χ0n) is 15.0. The van der Waals surface area contributed by atoms with Gasteiger partial charge in [0.05, 0.1) is 11.3 Å². The molecule has 5 nitrogen and oxygen atoms in total. The Balaban J connectivity index is 2.21. The number of rotatable bonds is 3. The van der Waals surface area contributed by atoms with Gasteiger partial charge in [-0.1, -0.05) is 42.5 Å². The van der Waals surface area contributed by atoms with E-state index in [0.717, 1.165) is 16.3 Å². The summed E-state index contributed by atoms with van der Waals surface area (Å²) < 4.78 is 0. The first-order chi connectivity index (χ1) is 11.8. The van der Waals surface area contributed by atoms with Crippen molar-refractivity contribution in [2.24, 2.45) is 0 Å². The lowest BCUT2D eigenvalue weighted by molar-refractivity contribution is 0.533. The highest BCUT2D eigenvalue weighted by Gasteiger charge is 2.25. The molecule has 0 saturated heterocycles. The molecule has 128 valence electrons. The predicted octanol–water partition coefficient (Wildman–Crippen LogP) is 3.86. The van der Waals surface area contributed by atoms with E-state index in [1.165, 1.54) is 6.33 Å². The standard InChI is InChI=1S/C20H23N5/c1-20(2,3)25(4)19-16(18(22)23-12-24-19)17(21)15-11-7-9-13-8-5-6-10-14(13)15/h5-12,21H,1-4H3,(H2,22,23,24). The fourth-order valence-corrected chi connectivity index (χ4v) is 2.78. The van der Waals surface area contributed by atoms with Crippen LogP contribution in [0.4, 0.5) is 11.6 Å². The summed E-state index contributed by atoms with van der Waals surface area (Å²) in [5, 5.41) is 11.0. The number of benzene rings is 2. The SMILES string of the molecule is CN(c1ncnc(N)c1C(=N)c1cccc2ccccc12)C(C)(C)C. The van der Waals surface area contributed by atoms with E-state index in [9.17, 15) is 0 Å². The summed E-state index contributed by atoms with van der Waals surface area (Å²) in [6.07, 6.45) is 1.45. The fourth-order valence-electron chi connectivity index (χ4n) is 2.78. The molecule has 0 radical (unpaired) electrons. The van der Waals surface area contributed by atoms with E-state index in [0.29, 0.717) is 22.9 Å². The largest absolute Gasteiger partial charge is 0.383 e. The highest BCUT2D eigenvalue weighted by Crippen LogP contribution is 2.30. The summed E-state index contributed by atoms with van der Waals surface area (Å²) in [6, 6.07) is 14.0. The van der Waals surface area contributed by atoms with Crippen molar-refractivity contribution in [3.8, 4) is 0 Å². The topological polar surface area (TPSA) is 78.9 Å². The van der Waals surface area contributed by atoms with Crippen molar-refractivity contribution in [3.05, 3.63) is 59.9 Å². The molecule has 0 amide bonds. The molecule has 0 spiro atoms. The summed E-state index contributed by atoms with van der Waals surface area (Å²) in [5.41, 5.74) is 7.73. The number of nitrogen functional groups attached to an aromatic ring is 1. The molecule has 3 aromatic rings. The van der Waals surface area contributed by atoms with Gasteiger partial charge in [-0.3, -0.25) is 5.41 Å². The van der Waals surface area contributed by atoms with E-state index < -0.39 is 0 Å². The average molecular weight is 333 g/mol. The van der Waals surface area contributed by atoms with Gasteiger partial charge in [0, 0.05) is 18.2 Å². The van der Waals surface area contributed by atoms with Crippen LogP contribution in [0.15, 0.2) is 48.8 Å². The molecular formula is C20H23N5. The van der Waals surface area contributed by atoms with Gasteiger partial charge in [-0.15, -0.1) is 0 Å². The molecular weight excluding hydrogens is 310 g/mol. The Morgan fingerprint density at radius 1 is 1.04 bits per heavy atom. The summed E-state index contributed by atoms with van der Waals surface area (Å²) in [7, 11) is 1.96. The molecule has 1 aromatic heterocycles. The number of hydrogen-bond donors (Lipinski definition) is 2. The van der Waals surface area contributed by atoms with Crippen molar-refractivity contribution in [1.82, 2.24) is 9.97 Å². The molecule has 0 aliphatic carbocycles. The molecule has 25 heavy (non-hydrogen) atoms. The Labute approximate surface area is 148 Å². The molecule has 5 heteroatoms. The van der Waals surface area contributed by atoms with Gasteiger partial charge in [0.15, 0.2) is 0 Å². The Morgan fingerprint density at radius 3 is 2.44 bits per heavy atom. The van der Waals surface area contributed by atoms with Crippen LogP contribution in [0.1, 0.15) is 31.9 Å². The normalized spacial score (nSPS) is 11.5. The minimum Gasteiger partial charge on any atom is -0.383 e. The van der Waals surface area contributed by atoms with Crippen LogP contribution in [-0.2, 0) is 0 Å². The van der Waals surface area contributed by atoms with Crippen molar-refractivity contribution in [2.45, 2.75) is 26.3 Å². The van der Waals surface area contributed by atoms with Crippen LogP contribution in [0.25, 0.3) is 10.8 Å². The number of hydrogen-bond acceptors (Lipinski definition) is 5. The second kappa shape index (κ2) is 6.16. The molecule has 0 aliphatic heterocycles. The minimum atomic E-state index is -0.158. The van der Waals surface area contributed by atoms with Crippen LogP contribution in [0.2, 0.25) is 0 Å². The zero-order chi connectivity index (χ0) is 18.2. The minimum absolute atomic E-state index is 0.158. The van der Waals surface area contributed by atoms with Crippen molar-refractivity contribution in [2.75, 3.05) is 17.7 Å². The zero-order valence-corrected chi connectivity index (χ0v) is 15.0. The molecule has 0 saturated carbocycles. The lowest BCUT2D eigenvalue weighted by Crippen LogP contribution is -2.39. The van der Waals surface area contributed by atoms with Gasteiger partial charge < -0.3 is 10.6 Å². The molecule has 0 unspecified atom stereocenters. The highest BCUT2D eigenvalue weighted by molar-refractivity contribution is 6.21. The van der Waals surface area contributed by atoms with Crippen LogP contribution in [0.3, 0.4) is 0 Å². The summed E-state index contributed by atoms with van der Waals surface area (Å²) >= 11 is 0. The molecule has 3 rings (SSSR count). The van der Waals surface area contributed by atoms with Crippen molar-refractivity contribution in [1.29, 1.82) is 5.41 Å². The van der Waals surface area contributed by atoms with Gasteiger partial charge in [0.1, 0.15) is 18.0 Å². The second-order valence-electron chi connectivity index (χ2n) is 7.09. The van der Waals surface area contributed by atoms with E-state index in [1.807, 2.05) is 54.4 Å². The first-order valence-electron chi connectivity index (χ1n) is 8.22. The quantitative estimate of drug-likeness (QED) is 0.713. The van der Waals surface area contributed by atoms with Gasteiger partial charge in [-0.2, -0.15) is 0 Å². The number of aromatic nitrogens is 2. The first kappa shape index (κ1) is 16.9. The smallest absolute Gasteiger partial charge is 0.143 e. The van der Waals surface area contributed by atoms with Crippen LogP contribution < -0.4 is 10.6 Å². The lowest BCUT2D eigenvalue weighted by Gasteiger charge is -2.34. The average Bonchev–Trinajstić information content (AvgIpc) is 2.59. The third-order valence-corrected chi connectivity index (χ3v) is 4.49.